The molecule has 0 aromatic carbocycles. The number of pyridine rings is 1. The van der Waals surface area contributed by atoms with Gasteiger partial charge in [0.25, 0.3) is 6.43 Å². The van der Waals surface area contributed by atoms with Gasteiger partial charge < -0.3 is 10.5 Å². The van der Waals surface area contributed by atoms with Crippen LogP contribution in [0, 0.1) is 0 Å². The number of carbonyl (C=O) groups excluding carboxylic acids is 1. The number of nitrogens with zero attached hydrogens (tertiary/aromatic N) is 1. The van der Waals surface area contributed by atoms with Crippen LogP contribution >= 0.6 is 15.9 Å². The van der Waals surface area contributed by atoms with Crippen LogP contribution in [0.2, 0.25) is 0 Å². The molecule has 4 nitrogen and oxygen atoms in total. The summed E-state index contributed by atoms with van der Waals surface area (Å²) in [5, 5.41) is 0.176. The average molecular weight is 309 g/mol. The standard InChI is InChI=1S/C10H11BrF2N2O2/c1-2-17-10(16)7-5(3-11)6(14)4-15-8(7)9(12)13/h4,9H,2-3,14H2,1H3. The summed E-state index contributed by atoms with van der Waals surface area (Å²) in [6.45, 7) is 1.69. The Labute approximate surface area is 105 Å². The van der Waals surface area contributed by atoms with Gasteiger partial charge in [-0.25, -0.2) is 13.6 Å². The summed E-state index contributed by atoms with van der Waals surface area (Å²) in [4.78, 5) is 15.1. The van der Waals surface area contributed by atoms with Crippen LogP contribution in [0.25, 0.3) is 0 Å². The molecule has 1 heterocycles. The maximum atomic E-state index is 12.7. The number of alkyl halides is 3. The van der Waals surface area contributed by atoms with E-state index in [1.54, 1.807) is 6.92 Å². The number of rotatable bonds is 4. The highest BCUT2D eigenvalue weighted by Crippen LogP contribution is 2.28. The first kappa shape index (κ1) is 13.8. The summed E-state index contributed by atoms with van der Waals surface area (Å²) in [6.07, 6.45) is -1.74. The van der Waals surface area contributed by atoms with E-state index in [4.69, 9.17) is 10.5 Å². The van der Waals surface area contributed by atoms with Gasteiger partial charge in [0.2, 0.25) is 0 Å². The van der Waals surface area contributed by atoms with Crippen LogP contribution in [0.3, 0.4) is 0 Å². The van der Waals surface area contributed by atoms with Gasteiger partial charge >= 0.3 is 5.97 Å². The minimum atomic E-state index is -2.85. The van der Waals surface area contributed by atoms with Gasteiger partial charge in [-0.3, -0.25) is 4.98 Å². The van der Waals surface area contributed by atoms with Crippen LogP contribution < -0.4 is 5.73 Å². The highest BCUT2D eigenvalue weighted by molar-refractivity contribution is 9.08. The van der Waals surface area contributed by atoms with Gasteiger partial charge in [-0.15, -0.1) is 0 Å². The lowest BCUT2D eigenvalue weighted by atomic mass is 10.1. The van der Waals surface area contributed by atoms with Gasteiger partial charge in [0.1, 0.15) is 5.69 Å². The molecule has 17 heavy (non-hydrogen) atoms. The van der Waals surface area contributed by atoms with E-state index < -0.39 is 18.1 Å². The van der Waals surface area contributed by atoms with E-state index in [2.05, 4.69) is 20.9 Å². The normalized spacial score (nSPS) is 10.6. The molecule has 0 unspecified atom stereocenters. The number of nitrogen functional groups attached to an aromatic ring is 1. The molecule has 1 aromatic rings. The van der Waals surface area contributed by atoms with Crippen LogP contribution in [0.15, 0.2) is 6.20 Å². The quantitative estimate of drug-likeness (QED) is 0.686. The zero-order chi connectivity index (χ0) is 13.0. The zero-order valence-electron chi connectivity index (χ0n) is 9.04. The van der Waals surface area contributed by atoms with Gasteiger partial charge in [0.15, 0.2) is 0 Å². The fraction of sp³-hybridized carbons (Fsp3) is 0.400. The minimum Gasteiger partial charge on any atom is -0.462 e. The molecule has 0 aliphatic carbocycles. The Morgan fingerprint density at radius 1 is 1.65 bits per heavy atom. The van der Waals surface area contributed by atoms with E-state index in [0.29, 0.717) is 0 Å². The number of ether oxygens (including phenoxy) is 1. The van der Waals surface area contributed by atoms with Gasteiger partial charge in [0, 0.05) is 10.9 Å². The number of aromatic nitrogens is 1. The number of nitrogens with two attached hydrogens (primary N) is 1. The van der Waals surface area contributed by atoms with Gasteiger partial charge in [0.05, 0.1) is 24.1 Å². The lowest BCUT2D eigenvalue weighted by molar-refractivity contribution is 0.0512. The Morgan fingerprint density at radius 2 is 2.29 bits per heavy atom. The molecule has 0 saturated heterocycles. The molecule has 1 aromatic heterocycles. The molecule has 0 amide bonds. The molecule has 0 aliphatic rings. The van der Waals surface area contributed by atoms with E-state index in [-0.39, 0.29) is 28.8 Å². The van der Waals surface area contributed by atoms with Crippen LogP contribution in [-0.4, -0.2) is 17.6 Å². The number of hydrogen-bond donors (Lipinski definition) is 1. The molecule has 0 saturated carbocycles. The summed E-state index contributed by atoms with van der Waals surface area (Å²) < 4.78 is 30.2. The fourth-order valence-corrected chi connectivity index (χ4v) is 1.93. The predicted molar refractivity (Wildman–Crippen MR) is 62.2 cm³/mol. The second-order valence-corrected chi connectivity index (χ2v) is 3.67. The highest BCUT2D eigenvalue weighted by Gasteiger charge is 2.25. The molecule has 94 valence electrons. The van der Waals surface area contributed by atoms with E-state index in [1.807, 2.05) is 0 Å². The van der Waals surface area contributed by atoms with Crippen molar-refractivity contribution in [1.82, 2.24) is 4.98 Å². The molecule has 2 N–H and O–H groups in total. The zero-order valence-corrected chi connectivity index (χ0v) is 10.6. The summed E-state index contributed by atoms with van der Waals surface area (Å²) in [5.74, 6) is -0.836. The molecule has 0 aliphatic heterocycles. The van der Waals surface area contributed by atoms with Crippen molar-refractivity contribution in [2.75, 3.05) is 12.3 Å². The Balaban J connectivity index is 3.38. The monoisotopic (exact) mass is 308 g/mol. The van der Waals surface area contributed by atoms with E-state index in [9.17, 15) is 13.6 Å². The third-order valence-electron chi connectivity index (χ3n) is 2.07. The molecule has 1 rings (SSSR count). The van der Waals surface area contributed by atoms with Crippen molar-refractivity contribution in [3.8, 4) is 0 Å². The van der Waals surface area contributed by atoms with E-state index in [0.717, 1.165) is 6.20 Å². The number of halogens is 3. The minimum absolute atomic E-state index is 0.0953. The Morgan fingerprint density at radius 3 is 2.76 bits per heavy atom. The van der Waals surface area contributed by atoms with Crippen LogP contribution in [-0.2, 0) is 10.1 Å². The summed E-state index contributed by atoms with van der Waals surface area (Å²) in [5.41, 5.74) is 5.18. The second kappa shape index (κ2) is 5.90. The van der Waals surface area contributed by atoms with Gasteiger partial charge in [-0.05, 0) is 6.92 Å². The third kappa shape index (κ3) is 2.91. The molecule has 0 fully saturated rings. The summed E-state index contributed by atoms with van der Waals surface area (Å²) in [7, 11) is 0. The first-order chi connectivity index (χ1) is 8.02. The molecule has 7 heteroatoms. The third-order valence-corrected chi connectivity index (χ3v) is 2.63. The van der Waals surface area contributed by atoms with Crippen molar-refractivity contribution in [1.29, 1.82) is 0 Å². The first-order valence-electron chi connectivity index (χ1n) is 4.81. The predicted octanol–water partition coefficient (Wildman–Crippen LogP) is 2.67. The Hall–Kier alpha value is -1.24. The van der Waals surface area contributed by atoms with Crippen LogP contribution in [0.5, 0.6) is 0 Å². The van der Waals surface area contributed by atoms with E-state index in [1.165, 1.54) is 0 Å². The number of hydrogen-bond acceptors (Lipinski definition) is 4. The molecule has 0 atom stereocenters. The van der Waals surface area contributed by atoms with Crippen LogP contribution in [0.1, 0.15) is 35.0 Å². The van der Waals surface area contributed by atoms with Crippen molar-refractivity contribution in [3.05, 3.63) is 23.0 Å². The SMILES string of the molecule is CCOC(=O)c1c(C(F)F)ncc(N)c1CBr. The van der Waals surface area contributed by atoms with E-state index >= 15 is 0 Å². The summed E-state index contributed by atoms with van der Waals surface area (Å²) in [6, 6.07) is 0. The first-order valence-corrected chi connectivity index (χ1v) is 5.93. The maximum absolute atomic E-state index is 12.7. The number of anilines is 1. The number of carbonyl (C=O) groups is 1. The molecular weight excluding hydrogens is 298 g/mol. The lowest BCUT2D eigenvalue weighted by Crippen LogP contribution is -2.14. The average Bonchev–Trinajstić information content (AvgIpc) is 2.28. The van der Waals surface area contributed by atoms with Crippen LogP contribution in [0.4, 0.5) is 14.5 Å². The lowest BCUT2D eigenvalue weighted by Gasteiger charge is -2.13. The largest absolute Gasteiger partial charge is 0.462 e. The Bertz CT molecular complexity index is 427. The second-order valence-electron chi connectivity index (χ2n) is 3.11. The Kier molecular flexibility index (Phi) is 4.80. The maximum Gasteiger partial charge on any atom is 0.340 e. The van der Waals surface area contributed by atoms with Crippen molar-refractivity contribution >= 4 is 27.6 Å². The van der Waals surface area contributed by atoms with Crippen molar-refractivity contribution < 1.29 is 18.3 Å². The molecular formula is C10H11BrF2N2O2. The summed E-state index contributed by atoms with van der Waals surface area (Å²) >= 11 is 3.10. The topological polar surface area (TPSA) is 65.2 Å². The molecule has 0 bridgehead atoms. The van der Waals surface area contributed by atoms with Gasteiger partial charge in [-0.2, -0.15) is 0 Å². The van der Waals surface area contributed by atoms with Crippen molar-refractivity contribution in [2.24, 2.45) is 0 Å². The number of esters is 1. The highest BCUT2D eigenvalue weighted by atomic mass is 79.9. The van der Waals surface area contributed by atoms with Crippen molar-refractivity contribution in [3.63, 3.8) is 0 Å². The molecule has 0 spiro atoms. The molecule has 0 radical (unpaired) electrons. The smallest absolute Gasteiger partial charge is 0.340 e. The van der Waals surface area contributed by atoms with Crippen molar-refractivity contribution in [2.45, 2.75) is 18.7 Å². The van der Waals surface area contributed by atoms with Gasteiger partial charge in [-0.1, -0.05) is 15.9 Å². The fourth-order valence-electron chi connectivity index (χ4n) is 1.32.